The number of nitrogens with zero attached hydrogens (tertiary/aromatic N) is 4. The van der Waals surface area contributed by atoms with Gasteiger partial charge in [0.25, 0.3) is 5.56 Å². The molecule has 0 saturated carbocycles. The molecule has 3 heterocycles. The van der Waals surface area contributed by atoms with Crippen LogP contribution in [0.4, 0.5) is 10.3 Å². The monoisotopic (exact) mass is 856 g/mol. The first-order valence-electron chi connectivity index (χ1n) is 20.3. The van der Waals surface area contributed by atoms with Crippen molar-refractivity contribution in [1.29, 1.82) is 5.26 Å². The minimum Gasteiger partial charge on any atom is -0.497 e. The zero-order chi connectivity index (χ0) is 43.8. The molecule has 1 aliphatic heterocycles. The van der Waals surface area contributed by atoms with Crippen LogP contribution in [-0.4, -0.2) is 76.9 Å². The topological polar surface area (TPSA) is 172 Å². The normalized spacial score (nSPS) is 18.6. The van der Waals surface area contributed by atoms with E-state index in [2.05, 4.69) is 54.0 Å². The summed E-state index contributed by atoms with van der Waals surface area (Å²) < 4.78 is 57.0. The molecule has 3 aromatic carbocycles. The number of H-pyrrole nitrogens is 1. The number of hydrogen-bond acceptors (Lipinski definition) is 11. The van der Waals surface area contributed by atoms with E-state index >= 15 is 4.39 Å². The summed E-state index contributed by atoms with van der Waals surface area (Å²) in [4.78, 5) is 37.1. The van der Waals surface area contributed by atoms with E-state index in [4.69, 9.17) is 28.0 Å². The Hall–Kier alpha value is -5.23. The summed E-state index contributed by atoms with van der Waals surface area (Å²) in [5.74, 6) is 0.589. The number of methoxy groups -OCH3 is 2. The lowest BCUT2D eigenvalue weighted by Crippen LogP contribution is -2.40. The lowest BCUT2D eigenvalue weighted by Gasteiger charge is -2.38. The highest BCUT2D eigenvalue weighted by Crippen LogP contribution is 2.54. The molecule has 0 spiro atoms. The van der Waals surface area contributed by atoms with E-state index < -0.39 is 50.1 Å². The van der Waals surface area contributed by atoms with Crippen molar-refractivity contribution in [2.45, 2.75) is 83.8 Å². The molecule has 1 aliphatic rings. The van der Waals surface area contributed by atoms with Crippen LogP contribution < -0.4 is 20.3 Å². The van der Waals surface area contributed by atoms with E-state index in [0.717, 1.165) is 16.7 Å². The van der Waals surface area contributed by atoms with Gasteiger partial charge in [-0.05, 0) is 52.8 Å². The van der Waals surface area contributed by atoms with E-state index in [0.29, 0.717) is 11.5 Å². The Morgan fingerprint density at radius 1 is 0.951 bits per heavy atom. The van der Waals surface area contributed by atoms with E-state index in [1.807, 2.05) is 78.9 Å². The smallest absolute Gasteiger partial charge is 0.280 e. The number of imidazole rings is 1. The Morgan fingerprint density at radius 2 is 1.54 bits per heavy atom. The van der Waals surface area contributed by atoms with Gasteiger partial charge in [0, 0.05) is 11.6 Å². The number of carbonyl (C=O) groups is 1. The van der Waals surface area contributed by atoms with Gasteiger partial charge < -0.3 is 28.0 Å². The number of anilines is 1. The van der Waals surface area contributed by atoms with Gasteiger partial charge in [0.15, 0.2) is 31.9 Å². The Kier molecular flexibility index (Phi) is 14.9. The van der Waals surface area contributed by atoms with E-state index in [1.54, 1.807) is 28.1 Å². The fourth-order valence-corrected chi connectivity index (χ4v) is 9.75. The first-order chi connectivity index (χ1) is 29.3. The Bertz CT molecular complexity index is 2260. The van der Waals surface area contributed by atoms with Crippen LogP contribution in [0.3, 0.4) is 0 Å². The molecule has 324 valence electrons. The number of nitrogens with one attached hydrogen (secondary N) is 2. The molecule has 14 nitrogen and oxygen atoms in total. The maximum absolute atomic E-state index is 17.6. The SMILES string of the molecule is COc1ccc(C(OC[C@H]2O[C@@H](n3cnc4c(=O)[nH]c(NC(=O)C(C)C)nc43)[C@H](F)C2OP(OCCC#N)C(C(C)C)C(C)C)(c2ccccc2)c2ccc(OC)cc2)cc1. The average Bonchev–Trinajstić information content (AvgIpc) is 3.81. The molecule has 2 N–H and O–H groups in total. The van der Waals surface area contributed by atoms with E-state index in [1.165, 1.54) is 10.9 Å². The summed E-state index contributed by atoms with van der Waals surface area (Å²) in [5.41, 5.74) is 0.206. The fraction of sp³-hybridized carbons (Fsp3) is 0.444. The Morgan fingerprint density at radius 3 is 2.08 bits per heavy atom. The summed E-state index contributed by atoms with van der Waals surface area (Å²) in [7, 11) is 1.40. The standard InChI is InChI=1S/C45H54FN6O8P/c1-27(2)39(28(3)4)61(58-24-12-23-47)60-38-35(59-43(36(38)46)52-26-48-37-40(52)49-44(51-42(37)54)50-41(53)29(5)6)25-57-45(30-13-10-9-11-14-30,31-15-19-33(55-7)20-16-31)32-17-21-34(56-8)22-18-32/h9-11,13-22,26-29,35-36,38-39,43H,12,24-25H2,1-8H3,(H2,49,50,51,53,54)/t35-,36-,38?,43-,61?/m1/s1. The summed E-state index contributed by atoms with van der Waals surface area (Å²) >= 11 is 0. The van der Waals surface area contributed by atoms with Gasteiger partial charge in [-0.3, -0.25) is 24.5 Å². The number of carbonyl (C=O) groups excluding carboxylic acids is 1. The van der Waals surface area contributed by atoms with Crippen molar-refractivity contribution in [3.63, 3.8) is 0 Å². The predicted octanol–water partition coefficient (Wildman–Crippen LogP) is 8.28. The van der Waals surface area contributed by atoms with E-state index in [9.17, 15) is 14.9 Å². The fourth-order valence-electron chi connectivity index (χ4n) is 7.64. The molecule has 61 heavy (non-hydrogen) atoms. The third-order valence-corrected chi connectivity index (χ3v) is 13.2. The Balaban J connectivity index is 1.48. The molecular weight excluding hydrogens is 803 g/mol. The molecule has 0 aliphatic carbocycles. The van der Waals surface area contributed by atoms with Crippen LogP contribution in [-0.2, 0) is 28.9 Å². The van der Waals surface area contributed by atoms with Crippen molar-refractivity contribution in [3.8, 4) is 17.6 Å². The lowest BCUT2D eigenvalue weighted by atomic mass is 9.80. The molecule has 1 saturated heterocycles. The summed E-state index contributed by atoms with van der Waals surface area (Å²) in [6, 6.07) is 26.9. The zero-order valence-corrected chi connectivity index (χ0v) is 36.6. The van der Waals surface area contributed by atoms with E-state index in [-0.39, 0.29) is 60.1 Å². The molecular formula is C45H54FN6O8P. The van der Waals surface area contributed by atoms with Crippen molar-refractivity contribution < 1.29 is 37.2 Å². The number of alkyl halides is 1. The summed E-state index contributed by atoms with van der Waals surface area (Å²) in [6.45, 7) is 11.6. The number of aromatic nitrogens is 4. The van der Waals surface area contributed by atoms with Crippen molar-refractivity contribution in [3.05, 3.63) is 112 Å². The van der Waals surface area contributed by atoms with Crippen molar-refractivity contribution in [2.75, 3.05) is 32.8 Å². The summed E-state index contributed by atoms with van der Waals surface area (Å²) in [5, 5.41) is 12.0. The number of amides is 1. The van der Waals surface area contributed by atoms with Gasteiger partial charge in [0.05, 0.1) is 46.3 Å². The zero-order valence-electron chi connectivity index (χ0n) is 35.7. The second-order valence-corrected chi connectivity index (χ2v) is 17.4. The molecule has 6 rings (SSSR count). The van der Waals surface area contributed by atoms with Gasteiger partial charge in [-0.25, -0.2) is 9.37 Å². The first kappa shape index (κ1) is 45.3. The van der Waals surface area contributed by atoms with Crippen LogP contribution in [0.1, 0.15) is 70.9 Å². The minimum absolute atomic E-state index is 0.000597. The lowest BCUT2D eigenvalue weighted by molar-refractivity contribution is -0.118. The molecule has 5 aromatic rings. The van der Waals surface area contributed by atoms with Gasteiger partial charge in [-0.15, -0.1) is 0 Å². The van der Waals surface area contributed by atoms with Crippen LogP contribution in [0.15, 0.2) is 90.0 Å². The van der Waals surface area contributed by atoms with Crippen LogP contribution in [0.25, 0.3) is 11.2 Å². The van der Waals surface area contributed by atoms with Crippen molar-refractivity contribution >= 4 is 31.4 Å². The maximum atomic E-state index is 17.6. The third-order valence-electron chi connectivity index (χ3n) is 10.6. The minimum atomic E-state index is -1.86. The van der Waals surface area contributed by atoms with Gasteiger partial charge in [0.2, 0.25) is 11.9 Å². The molecule has 5 atom stereocenters. The van der Waals surface area contributed by atoms with Gasteiger partial charge in [-0.2, -0.15) is 10.2 Å². The second-order valence-electron chi connectivity index (χ2n) is 15.8. The molecule has 2 unspecified atom stereocenters. The molecule has 0 bridgehead atoms. The largest absolute Gasteiger partial charge is 0.497 e. The number of nitriles is 1. The molecule has 1 fully saturated rings. The molecule has 1 amide bonds. The van der Waals surface area contributed by atoms with Gasteiger partial charge >= 0.3 is 0 Å². The van der Waals surface area contributed by atoms with Crippen LogP contribution in [0.5, 0.6) is 11.5 Å². The number of halogens is 1. The van der Waals surface area contributed by atoms with Crippen molar-refractivity contribution in [1.82, 2.24) is 19.5 Å². The highest BCUT2D eigenvalue weighted by atomic mass is 31.2. The number of benzene rings is 3. The molecule has 2 aromatic heterocycles. The number of hydrogen-bond donors (Lipinski definition) is 2. The van der Waals surface area contributed by atoms with Crippen LogP contribution >= 0.6 is 8.38 Å². The number of fused-ring (bicyclic) bond motifs is 1. The highest BCUT2D eigenvalue weighted by Gasteiger charge is 2.51. The third kappa shape index (κ3) is 9.80. The summed E-state index contributed by atoms with van der Waals surface area (Å²) in [6.07, 6.45) is -4.17. The predicted molar refractivity (Wildman–Crippen MR) is 230 cm³/mol. The number of aromatic amines is 1. The molecule has 0 radical (unpaired) electrons. The second kappa shape index (κ2) is 20.1. The maximum Gasteiger partial charge on any atom is 0.280 e. The first-order valence-corrected chi connectivity index (χ1v) is 21.6. The number of ether oxygens (including phenoxy) is 4. The highest BCUT2D eigenvalue weighted by molar-refractivity contribution is 7.48. The number of rotatable bonds is 19. The van der Waals surface area contributed by atoms with Gasteiger partial charge in [-0.1, -0.05) is 96.1 Å². The van der Waals surface area contributed by atoms with Crippen LogP contribution in [0.2, 0.25) is 0 Å². The Labute approximate surface area is 356 Å². The average molecular weight is 857 g/mol. The van der Waals surface area contributed by atoms with Gasteiger partial charge in [0.1, 0.15) is 29.3 Å². The van der Waals surface area contributed by atoms with Crippen molar-refractivity contribution in [2.24, 2.45) is 17.8 Å². The molecule has 16 heteroatoms. The van der Waals surface area contributed by atoms with Crippen LogP contribution in [0, 0.1) is 29.1 Å². The quantitative estimate of drug-likeness (QED) is 0.0465.